The van der Waals surface area contributed by atoms with E-state index in [4.69, 9.17) is 0 Å². The average molecular weight is 239 g/mol. The number of carbonyl (C=O) groups is 1. The maximum atomic E-state index is 11.4. The van der Waals surface area contributed by atoms with E-state index in [1.54, 1.807) is 16.8 Å². The number of aryl methyl sites for hydroxylation is 1. The molecule has 2 aromatic heterocycles. The van der Waals surface area contributed by atoms with Crippen LogP contribution in [0, 0.1) is 6.92 Å². The summed E-state index contributed by atoms with van der Waals surface area (Å²) in [6, 6.07) is 4.03. The summed E-state index contributed by atoms with van der Waals surface area (Å²) in [5, 5.41) is 0. The highest BCUT2D eigenvalue weighted by Gasteiger charge is 2.17. The Hall–Kier alpha value is -1.20. The van der Waals surface area contributed by atoms with E-state index < -0.39 is 0 Å². The topological polar surface area (TPSA) is 39.2 Å². The Kier molecular flexibility index (Phi) is 2.83. The van der Waals surface area contributed by atoms with Gasteiger partial charge in [0, 0.05) is 9.75 Å². The molecule has 0 saturated carbocycles. The number of aromatic nitrogens is 1. The minimum absolute atomic E-state index is 0.377. The Morgan fingerprint density at radius 2 is 2.27 bits per heavy atom. The van der Waals surface area contributed by atoms with Gasteiger partial charge >= 0.3 is 5.97 Å². The van der Waals surface area contributed by atoms with E-state index in [2.05, 4.69) is 9.72 Å². The van der Waals surface area contributed by atoms with Gasteiger partial charge in [-0.2, -0.15) is 0 Å². The van der Waals surface area contributed by atoms with Crippen molar-refractivity contribution in [3.05, 3.63) is 28.2 Å². The zero-order valence-electron chi connectivity index (χ0n) is 8.31. The van der Waals surface area contributed by atoms with Crippen LogP contribution in [-0.2, 0) is 4.74 Å². The molecule has 3 nitrogen and oxygen atoms in total. The number of hydrogen-bond acceptors (Lipinski definition) is 5. The van der Waals surface area contributed by atoms with E-state index in [9.17, 15) is 4.79 Å². The molecule has 0 atom stereocenters. The number of carbonyl (C=O) groups excluding carboxylic acids is 1. The third-order valence-electron chi connectivity index (χ3n) is 1.91. The Morgan fingerprint density at radius 3 is 2.87 bits per heavy atom. The maximum Gasteiger partial charge on any atom is 0.358 e. The van der Waals surface area contributed by atoms with Crippen molar-refractivity contribution in [1.82, 2.24) is 4.98 Å². The monoisotopic (exact) mass is 239 g/mol. The molecule has 0 spiro atoms. The van der Waals surface area contributed by atoms with Crippen LogP contribution in [0.3, 0.4) is 0 Å². The quantitative estimate of drug-likeness (QED) is 0.756. The molecule has 0 amide bonds. The van der Waals surface area contributed by atoms with E-state index in [1.165, 1.54) is 23.3 Å². The molecule has 0 aliphatic carbocycles. The Balaban J connectivity index is 2.45. The SMILES string of the molecule is COC(=O)c1ncsc1-c1ccc(C)s1. The van der Waals surface area contributed by atoms with Crippen molar-refractivity contribution in [2.24, 2.45) is 0 Å². The number of methoxy groups -OCH3 is 1. The summed E-state index contributed by atoms with van der Waals surface area (Å²) in [5.41, 5.74) is 2.07. The molecule has 0 fully saturated rings. The van der Waals surface area contributed by atoms with E-state index in [1.807, 2.05) is 19.1 Å². The van der Waals surface area contributed by atoms with Crippen molar-refractivity contribution < 1.29 is 9.53 Å². The lowest BCUT2D eigenvalue weighted by atomic mass is 10.3. The first-order valence-corrected chi connectivity index (χ1v) is 6.00. The fraction of sp³-hybridized carbons (Fsp3) is 0.200. The summed E-state index contributed by atoms with van der Waals surface area (Å²) in [7, 11) is 1.37. The molecule has 0 N–H and O–H groups in total. The second-order valence-corrected chi connectivity index (χ2v) is 5.07. The lowest BCUT2D eigenvalue weighted by Gasteiger charge is -1.97. The predicted octanol–water partition coefficient (Wildman–Crippen LogP) is 2.97. The minimum Gasteiger partial charge on any atom is -0.464 e. The summed E-state index contributed by atoms with van der Waals surface area (Å²) in [6.45, 7) is 2.03. The van der Waals surface area contributed by atoms with Gasteiger partial charge in [0.2, 0.25) is 0 Å². The molecule has 0 aliphatic heterocycles. The van der Waals surface area contributed by atoms with Crippen molar-refractivity contribution in [3.63, 3.8) is 0 Å². The summed E-state index contributed by atoms with van der Waals surface area (Å²) in [6.07, 6.45) is 0. The standard InChI is InChI=1S/C10H9NO2S2/c1-6-3-4-7(15-6)9-8(10(12)13-2)11-5-14-9/h3-5H,1-2H3. The molecule has 0 bridgehead atoms. The number of hydrogen-bond donors (Lipinski definition) is 0. The molecular formula is C10H9NO2S2. The van der Waals surface area contributed by atoms with Crippen LogP contribution in [0.4, 0.5) is 0 Å². The van der Waals surface area contributed by atoms with Crippen molar-refractivity contribution >= 4 is 28.6 Å². The number of rotatable bonds is 2. The molecule has 0 saturated heterocycles. The van der Waals surface area contributed by atoms with Gasteiger partial charge in [0.15, 0.2) is 5.69 Å². The van der Waals surface area contributed by atoms with Crippen molar-refractivity contribution in [2.75, 3.05) is 7.11 Å². The number of ether oxygens (including phenoxy) is 1. The fourth-order valence-electron chi connectivity index (χ4n) is 1.22. The molecular weight excluding hydrogens is 230 g/mol. The first kappa shape index (κ1) is 10.3. The van der Waals surface area contributed by atoms with Gasteiger partial charge in [-0.3, -0.25) is 0 Å². The highest BCUT2D eigenvalue weighted by Crippen LogP contribution is 2.33. The van der Waals surface area contributed by atoms with Gasteiger partial charge in [-0.15, -0.1) is 22.7 Å². The molecule has 78 valence electrons. The third kappa shape index (κ3) is 1.93. The zero-order chi connectivity index (χ0) is 10.8. The third-order valence-corrected chi connectivity index (χ3v) is 3.92. The summed E-state index contributed by atoms with van der Waals surface area (Å²) in [4.78, 5) is 18.6. The molecule has 15 heavy (non-hydrogen) atoms. The highest BCUT2D eigenvalue weighted by molar-refractivity contribution is 7.21. The normalized spacial score (nSPS) is 10.3. The lowest BCUT2D eigenvalue weighted by Crippen LogP contribution is -2.02. The molecule has 2 aromatic rings. The van der Waals surface area contributed by atoms with Gasteiger partial charge in [0.05, 0.1) is 17.5 Å². The van der Waals surface area contributed by atoms with Crippen LogP contribution in [-0.4, -0.2) is 18.1 Å². The van der Waals surface area contributed by atoms with E-state index >= 15 is 0 Å². The predicted molar refractivity (Wildman–Crippen MR) is 61.5 cm³/mol. The van der Waals surface area contributed by atoms with Crippen molar-refractivity contribution in [1.29, 1.82) is 0 Å². The smallest absolute Gasteiger partial charge is 0.358 e. The summed E-state index contributed by atoms with van der Waals surface area (Å²) >= 11 is 3.11. The van der Waals surface area contributed by atoms with Crippen molar-refractivity contribution in [2.45, 2.75) is 6.92 Å². The molecule has 2 rings (SSSR count). The van der Waals surface area contributed by atoms with Gasteiger partial charge < -0.3 is 4.74 Å². The minimum atomic E-state index is -0.377. The Morgan fingerprint density at radius 1 is 1.47 bits per heavy atom. The lowest BCUT2D eigenvalue weighted by molar-refractivity contribution is 0.0596. The van der Waals surface area contributed by atoms with Crippen LogP contribution >= 0.6 is 22.7 Å². The fourth-order valence-corrected chi connectivity index (χ4v) is 2.99. The number of thiophene rings is 1. The number of nitrogens with zero attached hydrogens (tertiary/aromatic N) is 1. The van der Waals surface area contributed by atoms with E-state index in [0.29, 0.717) is 5.69 Å². The molecule has 0 unspecified atom stereocenters. The largest absolute Gasteiger partial charge is 0.464 e. The highest BCUT2D eigenvalue weighted by atomic mass is 32.1. The molecule has 0 radical (unpaired) electrons. The van der Waals surface area contributed by atoms with Crippen molar-refractivity contribution in [3.8, 4) is 9.75 Å². The van der Waals surface area contributed by atoms with Crippen LogP contribution in [0.25, 0.3) is 9.75 Å². The maximum absolute atomic E-state index is 11.4. The molecule has 0 aliphatic rings. The molecule has 2 heterocycles. The van der Waals surface area contributed by atoms with E-state index in [0.717, 1.165) is 9.75 Å². The van der Waals surface area contributed by atoms with Crippen LogP contribution in [0.5, 0.6) is 0 Å². The number of thiazole rings is 1. The van der Waals surface area contributed by atoms with Crippen LogP contribution in [0.2, 0.25) is 0 Å². The van der Waals surface area contributed by atoms with Gasteiger partial charge in [0.25, 0.3) is 0 Å². The van der Waals surface area contributed by atoms with Gasteiger partial charge in [-0.1, -0.05) is 0 Å². The Bertz CT molecular complexity index is 487. The Labute approximate surface area is 95.4 Å². The van der Waals surface area contributed by atoms with Gasteiger partial charge in [0.1, 0.15) is 0 Å². The van der Waals surface area contributed by atoms with Gasteiger partial charge in [-0.05, 0) is 19.1 Å². The second kappa shape index (κ2) is 4.12. The second-order valence-electron chi connectivity index (χ2n) is 2.93. The first-order valence-electron chi connectivity index (χ1n) is 4.31. The number of esters is 1. The molecule has 0 aromatic carbocycles. The zero-order valence-corrected chi connectivity index (χ0v) is 9.95. The molecule has 5 heteroatoms. The first-order chi connectivity index (χ1) is 7.22. The van der Waals surface area contributed by atoms with Crippen LogP contribution < -0.4 is 0 Å². The van der Waals surface area contributed by atoms with Crippen LogP contribution in [0.1, 0.15) is 15.4 Å². The average Bonchev–Trinajstić information content (AvgIpc) is 2.84. The summed E-state index contributed by atoms with van der Waals surface area (Å²) < 4.78 is 4.67. The summed E-state index contributed by atoms with van der Waals surface area (Å²) in [5.74, 6) is -0.377. The van der Waals surface area contributed by atoms with E-state index in [-0.39, 0.29) is 5.97 Å². The van der Waals surface area contributed by atoms with Crippen LogP contribution in [0.15, 0.2) is 17.6 Å². The van der Waals surface area contributed by atoms with Gasteiger partial charge in [-0.25, -0.2) is 9.78 Å².